The first-order valence-corrected chi connectivity index (χ1v) is 19.9. The first-order valence-electron chi connectivity index (χ1n) is 19.9. The van der Waals surface area contributed by atoms with E-state index in [4.69, 9.17) is 33.2 Å². The summed E-state index contributed by atoms with van der Waals surface area (Å²) in [4.78, 5) is 14.2. The molecule has 0 aromatic rings. The third-order valence-corrected chi connectivity index (χ3v) is 12.5. The zero-order chi connectivity index (χ0) is 41.0. The molecule has 7 N–H and O–H groups in total. The first-order chi connectivity index (χ1) is 25.0. The Morgan fingerprint density at radius 3 is 2.19 bits per heavy atom. The van der Waals surface area contributed by atoms with E-state index in [1.807, 2.05) is 20.8 Å². The quantitative estimate of drug-likeness (QED) is 0.157. The van der Waals surface area contributed by atoms with E-state index >= 15 is 0 Å². The molecule has 0 bridgehead atoms. The number of likely N-dealkylation sites (N-methyl/N-ethyl adjacent to an activating group) is 1. The van der Waals surface area contributed by atoms with Gasteiger partial charge in [0.05, 0.1) is 42.5 Å². The third kappa shape index (κ3) is 10.3. The van der Waals surface area contributed by atoms with Gasteiger partial charge in [0.15, 0.2) is 12.6 Å². The zero-order valence-electron chi connectivity index (χ0n) is 35.0. The van der Waals surface area contributed by atoms with Crippen molar-refractivity contribution in [3.63, 3.8) is 0 Å². The van der Waals surface area contributed by atoms with Gasteiger partial charge >= 0.3 is 5.97 Å². The van der Waals surface area contributed by atoms with Crippen LogP contribution in [0.3, 0.4) is 0 Å². The molecule has 3 aliphatic heterocycles. The largest absolute Gasteiger partial charge is 0.459 e. The van der Waals surface area contributed by atoms with Gasteiger partial charge in [-0.2, -0.15) is 0 Å². The number of hydrogen-bond acceptors (Lipinski definition) is 15. The van der Waals surface area contributed by atoms with E-state index in [-0.39, 0.29) is 43.9 Å². The van der Waals surface area contributed by atoms with E-state index < -0.39 is 95.5 Å². The topological polar surface area (TPSA) is 207 Å². The highest BCUT2D eigenvalue weighted by molar-refractivity contribution is 5.73. The maximum atomic E-state index is 14.2. The molecule has 15 heteroatoms. The summed E-state index contributed by atoms with van der Waals surface area (Å²) < 4.78 is 43.5. The molecule has 0 spiro atoms. The Bertz CT molecular complexity index is 1180. The van der Waals surface area contributed by atoms with Crippen LogP contribution in [0, 0.1) is 17.8 Å². The Labute approximate surface area is 323 Å². The molecular formula is C39H74N2O13. The van der Waals surface area contributed by atoms with Gasteiger partial charge in [0, 0.05) is 38.1 Å². The van der Waals surface area contributed by atoms with Crippen LogP contribution in [0.5, 0.6) is 0 Å². The number of methoxy groups -OCH3 is 1. The van der Waals surface area contributed by atoms with Gasteiger partial charge in [0.25, 0.3) is 0 Å². The highest BCUT2D eigenvalue weighted by Gasteiger charge is 2.59. The molecule has 18 atom stereocenters. The summed E-state index contributed by atoms with van der Waals surface area (Å²) in [5, 5.41) is 65.1. The minimum Gasteiger partial charge on any atom is -0.459 e. The highest BCUT2D eigenvalue weighted by Crippen LogP contribution is 2.43. The summed E-state index contributed by atoms with van der Waals surface area (Å²) in [6.45, 7) is 19.9. The number of aliphatic hydroxyl groups is 5. The van der Waals surface area contributed by atoms with Crippen LogP contribution >= 0.6 is 0 Å². The lowest BCUT2D eigenvalue weighted by molar-refractivity contribution is -0.343. The van der Waals surface area contributed by atoms with E-state index in [0.717, 1.165) is 0 Å². The van der Waals surface area contributed by atoms with Crippen LogP contribution in [0.1, 0.15) is 102 Å². The molecule has 3 aliphatic rings. The summed E-state index contributed by atoms with van der Waals surface area (Å²) in [6, 6.07) is -0.936. The molecule has 3 heterocycles. The molecule has 3 rings (SSSR count). The van der Waals surface area contributed by atoms with E-state index in [1.165, 1.54) is 14.0 Å². The van der Waals surface area contributed by atoms with Gasteiger partial charge in [-0.05, 0) is 94.2 Å². The van der Waals surface area contributed by atoms with Crippen molar-refractivity contribution in [2.24, 2.45) is 17.8 Å². The Balaban J connectivity index is 2.16. The van der Waals surface area contributed by atoms with E-state index in [9.17, 15) is 30.3 Å². The predicted octanol–water partition coefficient (Wildman–Crippen LogP) is 1.62. The molecule has 54 heavy (non-hydrogen) atoms. The Morgan fingerprint density at radius 2 is 1.61 bits per heavy atom. The number of carbonyl (C=O) groups is 1. The molecule has 0 unspecified atom stereocenters. The monoisotopic (exact) mass is 779 g/mol. The molecule has 0 amide bonds. The van der Waals surface area contributed by atoms with Gasteiger partial charge in [-0.3, -0.25) is 4.79 Å². The van der Waals surface area contributed by atoms with Crippen molar-refractivity contribution in [2.45, 2.75) is 192 Å². The number of carbonyl (C=O) groups excluding carboxylic acids is 1. The van der Waals surface area contributed by atoms with Crippen LogP contribution < -0.4 is 10.6 Å². The van der Waals surface area contributed by atoms with Crippen molar-refractivity contribution in [1.82, 2.24) is 10.6 Å². The van der Waals surface area contributed by atoms with Crippen molar-refractivity contribution in [3.05, 3.63) is 0 Å². The summed E-state index contributed by atoms with van der Waals surface area (Å²) in [5.74, 6) is -2.71. The normalized spacial score (nSPS) is 49.1. The van der Waals surface area contributed by atoms with Crippen LogP contribution in [0.15, 0.2) is 0 Å². The lowest BCUT2D eigenvalue weighted by Gasteiger charge is -2.53. The smallest absolute Gasteiger partial charge is 0.311 e. The van der Waals surface area contributed by atoms with Crippen LogP contribution in [0.25, 0.3) is 0 Å². The fraction of sp³-hybridized carbons (Fsp3) is 0.974. The Kier molecular flexibility index (Phi) is 16.8. The maximum Gasteiger partial charge on any atom is 0.311 e. The molecule has 0 aromatic heterocycles. The van der Waals surface area contributed by atoms with Gasteiger partial charge in [0.2, 0.25) is 0 Å². The number of hydrogen-bond donors (Lipinski definition) is 7. The average molecular weight is 779 g/mol. The molecule has 0 saturated carbocycles. The zero-order valence-corrected chi connectivity index (χ0v) is 35.0. The van der Waals surface area contributed by atoms with E-state index in [1.54, 1.807) is 55.5 Å². The summed E-state index contributed by atoms with van der Waals surface area (Å²) >= 11 is 0. The fourth-order valence-electron chi connectivity index (χ4n) is 8.75. The first kappa shape index (κ1) is 47.3. The predicted molar refractivity (Wildman–Crippen MR) is 200 cm³/mol. The molecular weight excluding hydrogens is 704 g/mol. The van der Waals surface area contributed by atoms with E-state index in [0.29, 0.717) is 19.6 Å². The SMILES string of the molecule is CCOC[C@]1(O)[C@H](C)O[C@@H](O[C@H]2[C@H](C)[C@@H](O[C@@H]3O[C@H](C)C[C@H](NC)[C@H]3O)[C@](C)(O)C[C@@H](C)CN[C@H](C)[C@@H](O)[C@](C)(O)[C@@H](CC)OC(=O)[C@@H]2C)C[C@@]1(C)OC. The average Bonchev–Trinajstić information content (AvgIpc) is 3.11. The van der Waals surface area contributed by atoms with Crippen molar-refractivity contribution >= 4 is 5.97 Å². The molecule has 0 aliphatic carbocycles. The Hall–Kier alpha value is -1.05. The summed E-state index contributed by atoms with van der Waals surface area (Å²) in [5.41, 5.74) is -6.13. The fourth-order valence-corrected chi connectivity index (χ4v) is 8.75. The molecule has 318 valence electrons. The Morgan fingerprint density at radius 1 is 0.963 bits per heavy atom. The van der Waals surface area contributed by atoms with E-state index in [2.05, 4.69) is 10.6 Å². The van der Waals surface area contributed by atoms with Crippen LogP contribution in [-0.2, 0) is 38.0 Å². The van der Waals surface area contributed by atoms with Gasteiger partial charge < -0.3 is 69.3 Å². The number of aliphatic hydroxyl groups excluding tert-OH is 2. The minimum absolute atomic E-state index is 0.0470. The molecule has 0 radical (unpaired) electrons. The number of nitrogens with one attached hydrogen (secondary N) is 2. The highest BCUT2D eigenvalue weighted by atomic mass is 16.7. The van der Waals surface area contributed by atoms with Crippen molar-refractivity contribution in [1.29, 1.82) is 0 Å². The summed E-state index contributed by atoms with van der Waals surface area (Å²) in [7, 11) is 3.25. The van der Waals surface area contributed by atoms with Gasteiger partial charge in [0.1, 0.15) is 35.1 Å². The van der Waals surface area contributed by atoms with Crippen LogP contribution in [-0.4, -0.2) is 155 Å². The van der Waals surface area contributed by atoms with Gasteiger partial charge in [-0.1, -0.05) is 20.8 Å². The number of cyclic esters (lactones) is 1. The van der Waals surface area contributed by atoms with Crippen molar-refractivity contribution in [2.75, 3.05) is 33.9 Å². The molecule has 3 saturated heterocycles. The van der Waals surface area contributed by atoms with Crippen molar-refractivity contribution in [3.8, 4) is 0 Å². The summed E-state index contributed by atoms with van der Waals surface area (Å²) in [6.07, 6.45) is -7.83. The second-order valence-corrected chi connectivity index (χ2v) is 17.0. The standard InChI is InChI=1S/C39H74N2O13/c1-14-28-38(11,46)32(43)25(7)41-19-21(3)17-36(9,45)33(54-35-30(42)27(40-12)16-22(4)50-35)23(5)31(24(6)34(44)52-28)53-29-18-37(10,48-13)39(47,20-49-15-2)26(8)51-29/h21-33,35,40-43,45-47H,14-20H2,1-13H3/t21-,22-,23+,24-,25-,26+,27+,28-,29+,30-,31+,32-,33-,35+,36-,37-,38-,39+/m1/s1. The number of rotatable bonds is 10. The minimum atomic E-state index is -1.82. The van der Waals surface area contributed by atoms with Gasteiger partial charge in [-0.25, -0.2) is 0 Å². The number of esters is 1. The number of ether oxygens (including phenoxy) is 7. The third-order valence-electron chi connectivity index (χ3n) is 12.5. The second kappa shape index (κ2) is 19.1. The molecule has 3 fully saturated rings. The van der Waals surface area contributed by atoms with Crippen molar-refractivity contribution < 1.29 is 63.5 Å². The second-order valence-electron chi connectivity index (χ2n) is 17.0. The maximum absolute atomic E-state index is 14.2. The lowest BCUT2D eigenvalue weighted by Crippen LogP contribution is -2.68. The lowest BCUT2D eigenvalue weighted by atomic mass is 9.75. The van der Waals surface area contributed by atoms with Gasteiger partial charge in [-0.15, -0.1) is 0 Å². The van der Waals surface area contributed by atoms with Crippen LogP contribution in [0.2, 0.25) is 0 Å². The molecule has 0 aromatic carbocycles. The van der Waals surface area contributed by atoms with Crippen LogP contribution in [0.4, 0.5) is 0 Å². The molecule has 15 nitrogen and oxygen atoms in total.